The Kier molecular flexibility index (Phi) is 13.6. The molecular weight excluding hydrogens is 496 g/mol. The smallest absolute Gasteiger partial charge is 0.311 e. The molecule has 0 aromatic rings. The highest BCUT2D eigenvalue weighted by Crippen LogP contribution is 2.45. The fourth-order valence-corrected chi connectivity index (χ4v) is 5.81. The number of aliphatic hydroxyl groups excluding tert-OH is 3. The molecule has 8 atom stereocenters. The molecule has 0 saturated heterocycles. The van der Waals surface area contributed by atoms with Gasteiger partial charge in [-0.1, -0.05) is 45.4 Å². The molecule has 0 aromatic carbocycles. The third-order valence-corrected chi connectivity index (χ3v) is 8.68. The van der Waals surface area contributed by atoms with E-state index in [0.717, 1.165) is 25.7 Å². The zero-order valence-electron chi connectivity index (χ0n) is 24.8. The molecule has 0 aliphatic heterocycles. The quantitative estimate of drug-likeness (QED) is 0.146. The number of amides is 1. The number of carbonyl (C=O) groups is 2. The van der Waals surface area contributed by atoms with E-state index in [0.29, 0.717) is 31.7 Å². The highest BCUT2D eigenvalue weighted by Gasteiger charge is 2.42. The molecule has 0 aromatic heterocycles. The average Bonchev–Trinajstić information content (AvgIpc) is 2.87. The number of aliphatic hydroxyl groups is 3. The van der Waals surface area contributed by atoms with E-state index in [9.17, 15) is 24.9 Å². The maximum absolute atomic E-state index is 13.0. The van der Waals surface area contributed by atoms with Crippen LogP contribution in [-0.4, -0.2) is 64.7 Å². The van der Waals surface area contributed by atoms with E-state index in [1.165, 1.54) is 5.57 Å². The summed E-state index contributed by atoms with van der Waals surface area (Å²) in [6, 6.07) is -0.354. The van der Waals surface area contributed by atoms with E-state index in [-0.39, 0.29) is 61.2 Å². The van der Waals surface area contributed by atoms with Crippen LogP contribution in [0.25, 0.3) is 0 Å². The van der Waals surface area contributed by atoms with Gasteiger partial charge in [-0.05, 0) is 88.7 Å². The topological polar surface area (TPSA) is 142 Å². The lowest BCUT2D eigenvalue weighted by Crippen LogP contribution is -2.43. The molecule has 0 heterocycles. The largest absolute Gasteiger partial charge is 0.461 e. The van der Waals surface area contributed by atoms with Crippen LogP contribution in [0.1, 0.15) is 92.4 Å². The number of allylic oxidation sites excluding steroid dienone is 3. The first-order valence-electron chi connectivity index (χ1n) is 15.0. The molecule has 0 unspecified atom stereocenters. The summed E-state index contributed by atoms with van der Waals surface area (Å²) in [5, 5.41) is 33.5. The SMILES string of the molecule is CCC(C)(C)C(=O)O[C@H]1C[C@@H](C)C=C2C=C[C@@H](C)[C@H](CC[C@@H](O)C[C@@H](O)CC(=O)N[C@H](CO)CCCCN)[C@H]21. The molecule has 39 heavy (non-hydrogen) atoms. The third kappa shape index (κ3) is 10.3. The van der Waals surface area contributed by atoms with Gasteiger partial charge in [0.1, 0.15) is 6.10 Å². The lowest BCUT2D eigenvalue weighted by atomic mass is 9.65. The van der Waals surface area contributed by atoms with Crippen molar-refractivity contribution in [1.29, 1.82) is 0 Å². The number of esters is 1. The van der Waals surface area contributed by atoms with E-state index >= 15 is 0 Å². The first-order valence-corrected chi connectivity index (χ1v) is 15.0. The van der Waals surface area contributed by atoms with Crippen LogP contribution in [0, 0.1) is 29.1 Å². The second kappa shape index (κ2) is 15.9. The van der Waals surface area contributed by atoms with Gasteiger partial charge in [-0.25, -0.2) is 0 Å². The molecule has 8 heteroatoms. The van der Waals surface area contributed by atoms with Crippen LogP contribution in [0.3, 0.4) is 0 Å². The summed E-state index contributed by atoms with van der Waals surface area (Å²) >= 11 is 0. The molecular formula is C31H54N2O6. The fourth-order valence-electron chi connectivity index (χ4n) is 5.81. The number of nitrogens with two attached hydrogens (primary N) is 1. The summed E-state index contributed by atoms with van der Waals surface area (Å²) < 4.78 is 6.17. The summed E-state index contributed by atoms with van der Waals surface area (Å²) in [7, 11) is 0. The fraction of sp³-hybridized carbons (Fsp3) is 0.806. The second-order valence-corrected chi connectivity index (χ2v) is 12.5. The van der Waals surface area contributed by atoms with Crippen molar-refractivity contribution in [2.24, 2.45) is 34.8 Å². The number of unbranched alkanes of at least 4 members (excludes halogenated alkanes) is 1. The van der Waals surface area contributed by atoms with Crippen LogP contribution >= 0.6 is 0 Å². The lowest BCUT2D eigenvalue weighted by molar-refractivity contribution is -0.164. The first-order chi connectivity index (χ1) is 18.4. The molecule has 0 radical (unpaired) electrons. The van der Waals surface area contributed by atoms with E-state index in [4.69, 9.17) is 10.5 Å². The van der Waals surface area contributed by atoms with Crippen molar-refractivity contribution >= 4 is 11.9 Å². The second-order valence-electron chi connectivity index (χ2n) is 12.5. The van der Waals surface area contributed by atoms with Crippen LogP contribution < -0.4 is 11.1 Å². The number of hydrogen-bond donors (Lipinski definition) is 5. The zero-order chi connectivity index (χ0) is 29.2. The van der Waals surface area contributed by atoms with Crippen molar-refractivity contribution in [2.75, 3.05) is 13.2 Å². The molecule has 224 valence electrons. The Morgan fingerprint density at radius 1 is 1.18 bits per heavy atom. The summed E-state index contributed by atoms with van der Waals surface area (Å²) in [6.07, 6.45) is 9.70. The van der Waals surface area contributed by atoms with Gasteiger partial charge in [0.2, 0.25) is 5.91 Å². The third-order valence-electron chi connectivity index (χ3n) is 8.68. The molecule has 0 fully saturated rings. The minimum atomic E-state index is -0.969. The van der Waals surface area contributed by atoms with Crippen molar-refractivity contribution in [2.45, 2.75) is 117 Å². The van der Waals surface area contributed by atoms with Gasteiger partial charge in [-0.3, -0.25) is 9.59 Å². The summed E-state index contributed by atoms with van der Waals surface area (Å²) in [4.78, 5) is 25.3. The molecule has 0 spiro atoms. The standard InChI is InChI=1S/C31H54N2O6/c1-6-31(4,5)30(38)39-27-16-20(2)15-22-11-10-21(3)26(29(22)27)13-12-24(35)17-25(36)18-28(37)33-23(19-34)9-7-8-14-32/h10-11,15,20-21,23-27,29,34-36H,6-9,12-14,16-19,32H2,1-5H3,(H,33,37)/t20-,21+,23-,24+,25+,26-,27-,29-/m0/s1. The summed E-state index contributed by atoms with van der Waals surface area (Å²) in [5.74, 6) is 0.363. The number of nitrogens with one attached hydrogen (secondary N) is 1. The predicted octanol–water partition coefficient (Wildman–Crippen LogP) is 3.63. The van der Waals surface area contributed by atoms with Crippen molar-refractivity contribution in [1.82, 2.24) is 5.32 Å². The Hall–Kier alpha value is -1.74. The minimum absolute atomic E-state index is 0.0791. The number of carbonyl (C=O) groups excluding carboxylic acids is 2. The molecule has 1 amide bonds. The summed E-state index contributed by atoms with van der Waals surface area (Å²) in [5.41, 5.74) is 6.18. The highest BCUT2D eigenvalue weighted by molar-refractivity contribution is 5.77. The monoisotopic (exact) mass is 550 g/mol. The van der Waals surface area contributed by atoms with E-state index in [2.05, 4.69) is 37.4 Å². The molecule has 0 bridgehead atoms. The van der Waals surface area contributed by atoms with Gasteiger partial charge in [0.25, 0.3) is 0 Å². The average molecular weight is 551 g/mol. The van der Waals surface area contributed by atoms with Gasteiger partial charge in [0.05, 0.1) is 36.7 Å². The molecule has 0 saturated carbocycles. The van der Waals surface area contributed by atoms with Gasteiger partial charge in [0.15, 0.2) is 0 Å². The number of hydrogen-bond acceptors (Lipinski definition) is 7. The normalized spacial score (nSPS) is 27.2. The zero-order valence-corrected chi connectivity index (χ0v) is 24.8. The van der Waals surface area contributed by atoms with E-state index < -0.39 is 17.6 Å². The molecule has 6 N–H and O–H groups in total. The van der Waals surface area contributed by atoms with Crippen LogP contribution in [-0.2, 0) is 14.3 Å². The van der Waals surface area contributed by atoms with E-state index in [1.807, 2.05) is 20.8 Å². The van der Waals surface area contributed by atoms with Gasteiger partial charge in [-0.15, -0.1) is 0 Å². The minimum Gasteiger partial charge on any atom is -0.461 e. The van der Waals surface area contributed by atoms with Crippen molar-refractivity contribution in [3.63, 3.8) is 0 Å². The highest BCUT2D eigenvalue weighted by atomic mass is 16.5. The Bertz CT molecular complexity index is 841. The first kappa shape index (κ1) is 33.5. The number of fused-ring (bicyclic) bond motifs is 1. The lowest BCUT2D eigenvalue weighted by Gasteiger charge is -2.44. The van der Waals surface area contributed by atoms with Crippen LogP contribution in [0.15, 0.2) is 23.8 Å². The molecule has 2 aliphatic rings. The van der Waals surface area contributed by atoms with Gasteiger partial charge in [-0.2, -0.15) is 0 Å². The molecule has 8 nitrogen and oxygen atoms in total. The van der Waals surface area contributed by atoms with Crippen molar-refractivity contribution < 1.29 is 29.6 Å². The van der Waals surface area contributed by atoms with Crippen LogP contribution in [0.4, 0.5) is 0 Å². The Morgan fingerprint density at radius 3 is 2.54 bits per heavy atom. The number of ether oxygens (including phenoxy) is 1. The van der Waals surface area contributed by atoms with Gasteiger partial charge < -0.3 is 31.1 Å². The Balaban J connectivity index is 1.95. The maximum Gasteiger partial charge on any atom is 0.311 e. The van der Waals surface area contributed by atoms with Gasteiger partial charge in [0, 0.05) is 5.92 Å². The molecule has 2 aliphatic carbocycles. The maximum atomic E-state index is 13.0. The predicted molar refractivity (Wildman–Crippen MR) is 154 cm³/mol. The van der Waals surface area contributed by atoms with Crippen molar-refractivity contribution in [3.05, 3.63) is 23.8 Å². The number of rotatable bonds is 16. The van der Waals surface area contributed by atoms with Gasteiger partial charge >= 0.3 is 5.97 Å². The van der Waals surface area contributed by atoms with E-state index in [1.54, 1.807) is 0 Å². The van der Waals surface area contributed by atoms with Crippen LogP contribution in [0.2, 0.25) is 0 Å². The Labute approximate surface area is 235 Å². The summed E-state index contributed by atoms with van der Waals surface area (Å²) in [6.45, 7) is 10.6. The Morgan fingerprint density at radius 2 is 1.90 bits per heavy atom. The van der Waals surface area contributed by atoms with Crippen molar-refractivity contribution in [3.8, 4) is 0 Å². The van der Waals surface area contributed by atoms with Crippen LogP contribution in [0.5, 0.6) is 0 Å². The molecule has 2 rings (SSSR count).